The Hall–Kier alpha value is -0.590. The van der Waals surface area contributed by atoms with E-state index in [9.17, 15) is 5.26 Å². The van der Waals surface area contributed by atoms with Crippen molar-refractivity contribution in [1.29, 1.82) is 5.26 Å². The molecule has 3 nitrogen and oxygen atoms in total. The lowest BCUT2D eigenvalue weighted by atomic mass is 9.77. The SMILES string of the molecule is CCC1CNCCC1(C#N)N1CCCC1. The maximum absolute atomic E-state index is 9.58. The summed E-state index contributed by atoms with van der Waals surface area (Å²) in [5, 5.41) is 13.0. The fourth-order valence-electron chi connectivity index (χ4n) is 3.16. The standard InChI is InChI=1S/C12H21N3/c1-2-11-9-14-6-5-12(11,10-13)15-7-3-4-8-15/h11,14H,2-9H2,1H3. The third-order valence-electron chi connectivity index (χ3n) is 4.11. The van der Waals surface area contributed by atoms with E-state index in [0.29, 0.717) is 5.92 Å². The van der Waals surface area contributed by atoms with Crippen molar-refractivity contribution in [3.63, 3.8) is 0 Å². The highest BCUT2D eigenvalue weighted by Gasteiger charge is 2.45. The van der Waals surface area contributed by atoms with E-state index in [1.807, 2.05) is 0 Å². The third kappa shape index (κ3) is 1.77. The summed E-state index contributed by atoms with van der Waals surface area (Å²) in [5.41, 5.74) is -0.156. The van der Waals surface area contributed by atoms with Crippen LogP contribution < -0.4 is 5.32 Å². The molecule has 0 bridgehead atoms. The number of nitriles is 1. The first-order chi connectivity index (χ1) is 7.33. The van der Waals surface area contributed by atoms with Crippen molar-refractivity contribution < 1.29 is 0 Å². The molecule has 0 aromatic carbocycles. The summed E-state index contributed by atoms with van der Waals surface area (Å²) in [6, 6.07) is 2.65. The quantitative estimate of drug-likeness (QED) is 0.743. The number of piperidine rings is 1. The lowest BCUT2D eigenvalue weighted by Crippen LogP contribution is -2.58. The highest BCUT2D eigenvalue weighted by molar-refractivity contribution is 5.15. The maximum atomic E-state index is 9.58. The fraction of sp³-hybridized carbons (Fsp3) is 0.917. The second kappa shape index (κ2) is 4.51. The predicted molar refractivity (Wildman–Crippen MR) is 60.4 cm³/mol. The van der Waals surface area contributed by atoms with E-state index in [2.05, 4.69) is 23.2 Å². The van der Waals surface area contributed by atoms with Gasteiger partial charge in [0.2, 0.25) is 0 Å². The first kappa shape index (κ1) is 10.9. The Bertz CT molecular complexity index is 248. The van der Waals surface area contributed by atoms with Crippen LogP contribution in [0.25, 0.3) is 0 Å². The maximum Gasteiger partial charge on any atom is 0.114 e. The van der Waals surface area contributed by atoms with Crippen LogP contribution in [0.15, 0.2) is 0 Å². The van der Waals surface area contributed by atoms with Gasteiger partial charge in [-0.3, -0.25) is 4.90 Å². The second-order valence-corrected chi connectivity index (χ2v) is 4.79. The van der Waals surface area contributed by atoms with E-state index in [-0.39, 0.29) is 5.54 Å². The van der Waals surface area contributed by atoms with Crippen molar-refractivity contribution in [2.24, 2.45) is 5.92 Å². The summed E-state index contributed by atoms with van der Waals surface area (Å²) in [6.45, 7) is 6.48. The smallest absolute Gasteiger partial charge is 0.114 e. The summed E-state index contributed by atoms with van der Waals surface area (Å²) in [5.74, 6) is 0.509. The monoisotopic (exact) mass is 207 g/mol. The van der Waals surface area contributed by atoms with Crippen molar-refractivity contribution in [2.45, 2.75) is 38.1 Å². The number of nitrogens with one attached hydrogen (secondary N) is 1. The van der Waals surface area contributed by atoms with Gasteiger partial charge in [0.05, 0.1) is 6.07 Å². The Kier molecular flexibility index (Phi) is 3.28. The second-order valence-electron chi connectivity index (χ2n) is 4.79. The van der Waals surface area contributed by atoms with E-state index < -0.39 is 0 Å². The third-order valence-corrected chi connectivity index (χ3v) is 4.11. The minimum atomic E-state index is -0.156. The zero-order valence-electron chi connectivity index (χ0n) is 9.63. The topological polar surface area (TPSA) is 39.1 Å². The number of hydrogen-bond donors (Lipinski definition) is 1. The van der Waals surface area contributed by atoms with Gasteiger partial charge in [0, 0.05) is 12.5 Å². The van der Waals surface area contributed by atoms with Gasteiger partial charge >= 0.3 is 0 Å². The Morgan fingerprint density at radius 2 is 2.20 bits per heavy atom. The van der Waals surface area contributed by atoms with Crippen LogP contribution >= 0.6 is 0 Å². The average molecular weight is 207 g/mol. The molecule has 0 amide bonds. The summed E-state index contributed by atoms with van der Waals surface area (Å²) < 4.78 is 0. The first-order valence-electron chi connectivity index (χ1n) is 6.20. The van der Waals surface area contributed by atoms with Crippen molar-refractivity contribution in [1.82, 2.24) is 10.2 Å². The zero-order chi connectivity index (χ0) is 10.7. The van der Waals surface area contributed by atoms with Gasteiger partial charge < -0.3 is 5.32 Å². The number of hydrogen-bond acceptors (Lipinski definition) is 3. The number of likely N-dealkylation sites (tertiary alicyclic amines) is 1. The molecule has 2 unspecified atom stereocenters. The van der Waals surface area contributed by atoms with Gasteiger partial charge in [0.15, 0.2) is 0 Å². The minimum absolute atomic E-state index is 0.156. The van der Waals surface area contributed by atoms with Crippen LogP contribution in [-0.4, -0.2) is 36.6 Å². The average Bonchev–Trinajstić information content (AvgIpc) is 2.82. The largest absolute Gasteiger partial charge is 0.316 e. The molecule has 2 aliphatic heterocycles. The molecule has 2 heterocycles. The number of nitrogens with zero attached hydrogens (tertiary/aromatic N) is 2. The molecular formula is C12H21N3. The lowest BCUT2D eigenvalue weighted by Gasteiger charge is -2.45. The van der Waals surface area contributed by atoms with Gasteiger partial charge in [0.1, 0.15) is 5.54 Å². The molecule has 2 atom stereocenters. The molecule has 0 radical (unpaired) electrons. The lowest BCUT2D eigenvalue weighted by molar-refractivity contribution is 0.0723. The van der Waals surface area contributed by atoms with Crippen LogP contribution in [0, 0.1) is 17.2 Å². The summed E-state index contributed by atoms with van der Waals surface area (Å²) in [4.78, 5) is 2.45. The summed E-state index contributed by atoms with van der Waals surface area (Å²) in [6.07, 6.45) is 4.65. The van der Waals surface area contributed by atoms with Crippen LogP contribution in [0.2, 0.25) is 0 Å². The molecule has 15 heavy (non-hydrogen) atoms. The molecule has 2 fully saturated rings. The molecule has 2 rings (SSSR count). The van der Waals surface area contributed by atoms with Gasteiger partial charge in [0.25, 0.3) is 0 Å². The van der Waals surface area contributed by atoms with Gasteiger partial charge in [-0.25, -0.2) is 0 Å². The molecule has 0 saturated carbocycles. The zero-order valence-corrected chi connectivity index (χ0v) is 9.63. The Labute approximate surface area is 92.4 Å². The van der Waals surface area contributed by atoms with E-state index >= 15 is 0 Å². The van der Waals surface area contributed by atoms with Crippen LogP contribution in [-0.2, 0) is 0 Å². The van der Waals surface area contributed by atoms with Gasteiger partial charge in [-0.05, 0) is 45.3 Å². The summed E-state index contributed by atoms with van der Waals surface area (Å²) in [7, 11) is 0. The van der Waals surface area contributed by atoms with E-state index in [4.69, 9.17) is 0 Å². The van der Waals surface area contributed by atoms with Crippen molar-refractivity contribution in [2.75, 3.05) is 26.2 Å². The molecule has 1 N–H and O–H groups in total. The van der Waals surface area contributed by atoms with E-state index in [1.165, 1.54) is 12.8 Å². The Morgan fingerprint density at radius 3 is 2.80 bits per heavy atom. The molecule has 2 saturated heterocycles. The molecule has 0 aromatic heterocycles. The molecule has 0 spiro atoms. The van der Waals surface area contributed by atoms with Crippen LogP contribution in [0.1, 0.15) is 32.6 Å². The van der Waals surface area contributed by atoms with E-state index in [0.717, 1.165) is 39.0 Å². The molecule has 84 valence electrons. The van der Waals surface area contributed by atoms with Crippen molar-refractivity contribution in [3.05, 3.63) is 0 Å². The molecule has 0 aliphatic carbocycles. The first-order valence-corrected chi connectivity index (χ1v) is 6.20. The van der Waals surface area contributed by atoms with Gasteiger partial charge in [-0.15, -0.1) is 0 Å². The van der Waals surface area contributed by atoms with Crippen LogP contribution in [0.3, 0.4) is 0 Å². The normalized spacial score (nSPS) is 37.7. The highest BCUT2D eigenvalue weighted by Crippen LogP contribution is 2.35. The van der Waals surface area contributed by atoms with Crippen LogP contribution in [0.4, 0.5) is 0 Å². The highest BCUT2D eigenvalue weighted by atomic mass is 15.2. The molecule has 3 heteroatoms. The van der Waals surface area contributed by atoms with Crippen molar-refractivity contribution >= 4 is 0 Å². The number of rotatable bonds is 2. The van der Waals surface area contributed by atoms with Gasteiger partial charge in [-0.1, -0.05) is 6.92 Å². The molecule has 2 aliphatic rings. The Morgan fingerprint density at radius 1 is 1.47 bits per heavy atom. The van der Waals surface area contributed by atoms with Gasteiger partial charge in [-0.2, -0.15) is 5.26 Å². The van der Waals surface area contributed by atoms with Crippen molar-refractivity contribution in [3.8, 4) is 6.07 Å². The summed E-state index contributed by atoms with van der Waals surface area (Å²) >= 11 is 0. The van der Waals surface area contributed by atoms with Crippen LogP contribution in [0.5, 0.6) is 0 Å². The fourth-order valence-corrected chi connectivity index (χ4v) is 3.16. The predicted octanol–water partition coefficient (Wildman–Crippen LogP) is 1.36. The molecule has 0 aromatic rings. The molecular weight excluding hydrogens is 186 g/mol. The van der Waals surface area contributed by atoms with E-state index in [1.54, 1.807) is 0 Å². The Balaban J connectivity index is 2.20. The minimum Gasteiger partial charge on any atom is -0.316 e.